The number of carbonyl (C=O) groups is 1. The quantitative estimate of drug-likeness (QED) is 0.502. The van der Waals surface area contributed by atoms with Crippen molar-refractivity contribution >= 4 is 11.7 Å². The lowest BCUT2D eigenvalue weighted by molar-refractivity contribution is -0.140. The van der Waals surface area contributed by atoms with E-state index in [0.717, 1.165) is 0 Å². The molecular formula is C9H8F4N2O2. The topological polar surface area (TPSA) is 51.2 Å². The van der Waals surface area contributed by atoms with E-state index in [4.69, 9.17) is 0 Å². The van der Waals surface area contributed by atoms with Gasteiger partial charge in [-0.15, -0.1) is 0 Å². The van der Waals surface area contributed by atoms with Crippen molar-refractivity contribution in [1.82, 2.24) is 4.98 Å². The minimum atomic E-state index is -1.80. The molecule has 0 aliphatic carbocycles. The maximum Gasteiger partial charge on any atom is 0.325 e. The number of aromatic nitrogens is 1. The normalized spacial score (nSPS) is 10.2. The highest BCUT2D eigenvalue weighted by Crippen LogP contribution is 2.21. The maximum absolute atomic E-state index is 13.0. The van der Waals surface area contributed by atoms with Crippen LogP contribution in [0.3, 0.4) is 0 Å². The van der Waals surface area contributed by atoms with Crippen molar-refractivity contribution in [2.45, 2.75) is 6.92 Å². The lowest BCUT2D eigenvalue weighted by Crippen LogP contribution is -2.19. The molecule has 0 aliphatic rings. The van der Waals surface area contributed by atoms with E-state index in [9.17, 15) is 22.4 Å². The molecule has 0 radical (unpaired) electrons. The molecule has 8 heteroatoms. The fraction of sp³-hybridized carbons (Fsp3) is 0.333. The molecule has 1 aromatic heterocycles. The third kappa shape index (κ3) is 3.05. The van der Waals surface area contributed by atoms with Gasteiger partial charge in [-0.3, -0.25) is 4.79 Å². The van der Waals surface area contributed by atoms with Crippen LogP contribution in [-0.2, 0) is 9.53 Å². The Balaban J connectivity index is 2.87. The van der Waals surface area contributed by atoms with E-state index in [2.05, 4.69) is 9.72 Å². The van der Waals surface area contributed by atoms with Gasteiger partial charge in [-0.05, 0) is 6.92 Å². The zero-order valence-electron chi connectivity index (χ0n) is 8.69. The lowest BCUT2D eigenvalue weighted by Gasteiger charge is -2.08. The molecule has 0 saturated carbocycles. The van der Waals surface area contributed by atoms with E-state index in [0.29, 0.717) is 0 Å². The molecule has 94 valence electrons. The van der Waals surface area contributed by atoms with Crippen LogP contribution in [0.15, 0.2) is 0 Å². The number of rotatable bonds is 4. The zero-order valence-corrected chi connectivity index (χ0v) is 8.69. The third-order valence-corrected chi connectivity index (χ3v) is 1.71. The Morgan fingerprint density at radius 3 is 2.24 bits per heavy atom. The molecular weight excluding hydrogens is 244 g/mol. The van der Waals surface area contributed by atoms with Crippen molar-refractivity contribution in [1.29, 1.82) is 0 Å². The molecule has 0 spiro atoms. The van der Waals surface area contributed by atoms with Gasteiger partial charge in [0.05, 0.1) is 6.61 Å². The van der Waals surface area contributed by atoms with Gasteiger partial charge in [-0.1, -0.05) is 0 Å². The number of halogens is 4. The Labute approximate surface area is 93.6 Å². The molecule has 0 bridgehead atoms. The molecule has 17 heavy (non-hydrogen) atoms. The second-order valence-electron chi connectivity index (χ2n) is 2.85. The Morgan fingerprint density at radius 2 is 1.76 bits per heavy atom. The summed E-state index contributed by atoms with van der Waals surface area (Å²) < 4.78 is 55.8. The highest BCUT2D eigenvalue weighted by Gasteiger charge is 2.21. The predicted molar refractivity (Wildman–Crippen MR) is 49.2 cm³/mol. The Bertz CT molecular complexity index is 413. The van der Waals surface area contributed by atoms with E-state index < -0.39 is 41.7 Å². The first-order valence-corrected chi connectivity index (χ1v) is 4.56. The number of pyridine rings is 1. The van der Waals surface area contributed by atoms with Gasteiger partial charge in [0.15, 0.2) is 0 Å². The first kappa shape index (κ1) is 13.2. The molecule has 1 heterocycles. The minimum Gasteiger partial charge on any atom is -0.465 e. The van der Waals surface area contributed by atoms with Crippen LogP contribution < -0.4 is 5.32 Å². The first-order chi connectivity index (χ1) is 7.97. The summed E-state index contributed by atoms with van der Waals surface area (Å²) in [6.45, 7) is 0.986. The number of nitrogens with one attached hydrogen (secondary N) is 1. The van der Waals surface area contributed by atoms with Gasteiger partial charge in [0, 0.05) is 0 Å². The van der Waals surface area contributed by atoms with E-state index in [1.807, 2.05) is 5.32 Å². The second-order valence-corrected chi connectivity index (χ2v) is 2.85. The number of esters is 1. The van der Waals surface area contributed by atoms with Gasteiger partial charge in [-0.25, -0.2) is 0 Å². The number of ether oxygens (including phenoxy) is 1. The number of carbonyl (C=O) groups excluding carboxylic acids is 1. The predicted octanol–water partition coefficient (Wildman–Crippen LogP) is 1.61. The maximum atomic E-state index is 13.0. The monoisotopic (exact) mass is 252 g/mol. The van der Waals surface area contributed by atoms with Gasteiger partial charge >= 0.3 is 5.97 Å². The van der Waals surface area contributed by atoms with Gasteiger partial charge in [0.1, 0.15) is 12.2 Å². The summed E-state index contributed by atoms with van der Waals surface area (Å²) in [4.78, 5) is 13.2. The van der Waals surface area contributed by atoms with Gasteiger partial charge in [0.25, 0.3) is 11.9 Å². The lowest BCUT2D eigenvalue weighted by atomic mass is 10.3. The van der Waals surface area contributed by atoms with Crippen LogP contribution in [0, 0.1) is 23.5 Å². The first-order valence-electron chi connectivity index (χ1n) is 4.56. The van der Waals surface area contributed by atoms with Crippen LogP contribution in [-0.4, -0.2) is 24.1 Å². The Morgan fingerprint density at radius 1 is 1.24 bits per heavy atom. The van der Waals surface area contributed by atoms with Crippen molar-refractivity contribution in [3.63, 3.8) is 0 Å². The SMILES string of the molecule is CCOC(=O)CNc1c(F)c(F)nc(F)c1F. The molecule has 0 aliphatic heterocycles. The molecule has 0 fully saturated rings. The van der Waals surface area contributed by atoms with Crippen LogP contribution in [0.2, 0.25) is 0 Å². The van der Waals surface area contributed by atoms with Crippen LogP contribution in [0.1, 0.15) is 6.92 Å². The van der Waals surface area contributed by atoms with Gasteiger partial charge < -0.3 is 10.1 Å². The van der Waals surface area contributed by atoms with Crippen LogP contribution in [0.4, 0.5) is 23.2 Å². The molecule has 0 unspecified atom stereocenters. The largest absolute Gasteiger partial charge is 0.465 e. The molecule has 1 N–H and O–H groups in total. The second kappa shape index (κ2) is 5.46. The average Bonchev–Trinajstić information content (AvgIpc) is 2.27. The van der Waals surface area contributed by atoms with Crippen molar-refractivity contribution < 1.29 is 27.1 Å². The van der Waals surface area contributed by atoms with Crippen LogP contribution in [0.5, 0.6) is 0 Å². The summed E-state index contributed by atoms with van der Waals surface area (Å²) in [6.07, 6.45) is 0. The summed E-state index contributed by atoms with van der Waals surface area (Å²) in [6, 6.07) is 0. The fourth-order valence-corrected chi connectivity index (χ4v) is 1.01. The Kier molecular flexibility index (Phi) is 4.24. The molecule has 4 nitrogen and oxygen atoms in total. The van der Waals surface area contributed by atoms with Crippen LogP contribution >= 0.6 is 0 Å². The van der Waals surface area contributed by atoms with E-state index in [1.54, 1.807) is 0 Å². The standard InChI is InChI=1S/C9H8F4N2O2/c1-2-17-4(16)3-14-7-5(10)8(12)15-9(13)6(7)11/h2-3H2,1H3,(H,14,15). The summed E-state index contributed by atoms with van der Waals surface area (Å²) in [7, 11) is 0. The smallest absolute Gasteiger partial charge is 0.325 e. The summed E-state index contributed by atoms with van der Waals surface area (Å²) >= 11 is 0. The minimum absolute atomic E-state index is 0.0740. The third-order valence-electron chi connectivity index (χ3n) is 1.71. The highest BCUT2D eigenvalue weighted by atomic mass is 19.2. The molecule has 0 aromatic carbocycles. The summed E-state index contributed by atoms with van der Waals surface area (Å²) in [5, 5.41) is 1.90. The summed E-state index contributed by atoms with van der Waals surface area (Å²) in [5.74, 6) is -7.81. The number of nitrogens with zero attached hydrogens (tertiary/aromatic N) is 1. The number of hydrogen-bond donors (Lipinski definition) is 1. The van der Waals surface area contributed by atoms with E-state index >= 15 is 0 Å². The Hall–Kier alpha value is -1.86. The summed E-state index contributed by atoms with van der Waals surface area (Å²) in [5.41, 5.74) is -1.09. The molecule has 0 amide bonds. The molecule has 0 saturated heterocycles. The van der Waals surface area contributed by atoms with Crippen molar-refractivity contribution in [2.24, 2.45) is 0 Å². The zero-order chi connectivity index (χ0) is 13.0. The van der Waals surface area contributed by atoms with E-state index in [1.165, 1.54) is 6.92 Å². The van der Waals surface area contributed by atoms with Gasteiger partial charge in [-0.2, -0.15) is 22.5 Å². The van der Waals surface area contributed by atoms with Crippen molar-refractivity contribution in [3.8, 4) is 0 Å². The molecule has 1 aromatic rings. The molecule has 0 atom stereocenters. The van der Waals surface area contributed by atoms with Gasteiger partial charge in [0.2, 0.25) is 11.6 Å². The highest BCUT2D eigenvalue weighted by molar-refractivity contribution is 5.75. The van der Waals surface area contributed by atoms with E-state index in [-0.39, 0.29) is 6.61 Å². The van der Waals surface area contributed by atoms with Crippen molar-refractivity contribution in [2.75, 3.05) is 18.5 Å². The van der Waals surface area contributed by atoms with Crippen LogP contribution in [0.25, 0.3) is 0 Å². The number of hydrogen-bond acceptors (Lipinski definition) is 4. The average molecular weight is 252 g/mol. The molecule has 1 rings (SSSR count). The van der Waals surface area contributed by atoms with Crippen molar-refractivity contribution in [3.05, 3.63) is 23.5 Å². The fourth-order valence-electron chi connectivity index (χ4n) is 1.01. The number of anilines is 1.